The monoisotopic (exact) mass is 403 g/mol. The first-order valence-corrected chi connectivity index (χ1v) is 9.24. The Bertz CT molecular complexity index is 888. The van der Waals surface area contributed by atoms with Crippen LogP contribution < -0.4 is 19.5 Å². The van der Waals surface area contributed by atoms with Crippen molar-refractivity contribution in [3.05, 3.63) is 34.9 Å². The van der Waals surface area contributed by atoms with Gasteiger partial charge in [-0.1, -0.05) is 6.08 Å². The van der Waals surface area contributed by atoms with Crippen molar-refractivity contribution in [2.75, 3.05) is 28.4 Å². The number of nitrogens with one attached hydrogen (secondary N) is 1. The van der Waals surface area contributed by atoms with E-state index in [0.717, 1.165) is 22.3 Å². The summed E-state index contributed by atoms with van der Waals surface area (Å²) in [5.41, 5.74) is 3.22. The molecule has 8 heteroatoms. The van der Waals surface area contributed by atoms with Gasteiger partial charge in [-0.3, -0.25) is 4.79 Å². The molecule has 0 radical (unpaired) electrons. The number of rotatable bonds is 5. The van der Waals surface area contributed by atoms with Gasteiger partial charge in [0.05, 0.1) is 27.4 Å². The van der Waals surface area contributed by atoms with Crippen molar-refractivity contribution in [1.29, 1.82) is 0 Å². The normalized spacial score (nSPS) is 20.9. The molecule has 2 N–H and O–H groups in total. The number of carbonyl (C=O) groups is 2. The molecule has 0 aliphatic heterocycles. The molecule has 0 fully saturated rings. The van der Waals surface area contributed by atoms with Gasteiger partial charge in [0, 0.05) is 19.1 Å². The van der Waals surface area contributed by atoms with Crippen LogP contribution in [0, 0.1) is 0 Å². The molecule has 2 aliphatic rings. The second kappa shape index (κ2) is 8.57. The van der Waals surface area contributed by atoms with Crippen LogP contribution in [0.25, 0.3) is 5.57 Å². The lowest BCUT2D eigenvalue weighted by molar-refractivity contribution is -0.123. The highest BCUT2D eigenvalue weighted by Crippen LogP contribution is 2.48. The van der Waals surface area contributed by atoms with Crippen molar-refractivity contribution in [3.8, 4) is 17.2 Å². The van der Waals surface area contributed by atoms with Crippen molar-refractivity contribution < 1.29 is 33.6 Å². The number of ether oxygens (including phenoxy) is 4. The number of hydrogen-bond acceptors (Lipinski definition) is 6. The Morgan fingerprint density at radius 1 is 1.10 bits per heavy atom. The molecule has 156 valence electrons. The zero-order valence-electron chi connectivity index (χ0n) is 16.9. The van der Waals surface area contributed by atoms with Crippen LogP contribution in [-0.2, 0) is 16.0 Å². The molecular formula is C21H25NO7. The van der Waals surface area contributed by atoms with E-state index in [4.69, 9.17) is 18.9 Å². The second-order valence-corrected chi connectivity index (χ2v) is 6.82. The summed E-state index contributed by atoms with van der Waals surface area (Å²) in [6, 6.07) is 1.41. The zero-order chi connectivity index (χ0) is 21.1. The van der Waals surface area contributed by atoms with Crippen molar-refractivity contribution in [3.63, 3.8) is 0 Å². The lowest BCUT2D eigenvalue weighted by Gasteiger charge is -2.23. The van der Waals surface area contributed by atoms with Gasteiger partial charge in [0.25, 0.3) is 0 Å². The molecule has 0 saturated carbocycles. The predicted molar refractivity (Wildman–Crippen MR) is 106 cm³/mol. The SMILES string of the molecule is COc1cc2c(c(OC)c1OC)C1=C(CC(OC)C(=O)C=C1)[C@@H](NC(=O)O)CC2. The number of carbonyl (C=O) groups excluding carboxylic acids is 1. The first-order chi connectivity index (χ1) is 13.9. The van der Waals surface area contributed by atoms with Crippen LogP contribution in [0.3, 0.4) is 0 Å². The summed E-state index contributed by atoms with van der Waals surface area (Å²) in [7, 11) is 6.09. The van der Waals surface area contributed by atoms with Gasteiger partial charge in [-0.05, 0) is 41.7 Å². The Labute approximate surface area is 169 Å². The highest BCUT2D eigenvalue weighted by Gasteiger charge is 2.34. The largest absolute Gasteiger partial charge is 0.493 e. The minimum Gasteiger partial charge on any atom is -0.493 e. The van der Waals surface area contributed by atoms with Crippen molar-refractivity contribution in [2.24, 2.45) is 0 Å². The summed E-state index contributed by atoms with van der Waals surface area (Å²) < 4.78 is 22.1. The third kappa shape index (κ3) is 3.80. The van der Waals surface area contributed by atoms with Crippen molar-refractivity contribution in [1.82, 2.24) is 5.32 Å². The van der Waals surface area contributed by atoms with Crippen LogP contribution in [-0.4, -0.2) is 57.6 Å². The summed E-state index contributed by atoms with van der Waals surface area (Å²) in [4.78, 5) is 23.9. The molecule has 0 saturated heterocycles. The van der Waals surface area contributed by atoms with E-state index in [1.165, 1.54) is 20.3 Å². The molecule has 1 aromatic carbocycles. The van der Waals surface area contributed by atoms with Crippen LogP contribution in [0.15, 0.2) is 23.8 Å². The fourth-order valence-electron chi connectivity index (χ4n) is 4.05. The smallest absolute Gasteiger partial charge is 0.405 e. The average Bonchev–Trinajstić information content (AvgIpc) is 2.95. The maximum Gasteiger partial charge on any atom is 0.405 e. The minimum absolute atomic E-state index is 0.171. The molecule has 2 aliphatic carbocycles. The maximum atomic E-state index is 12.4. The Hall–Kier alpha value is -3.00. The van der Waals surface area contributed by atoms with Crippen LogP contribution in [0.2, 0.25) is 0 Å². The van der Waals surface area contributed by atoms with Gasteiger partial charge in [-0.15, -0.1) is 0 Å². The topological polar surface area (TPSA) is 103 Å². The molecule has 1 unspecified atom stereocenters. The molecule has 0 bridgehead atoms. The number of ketones is 1. The molecule has 2 atom stereocenters. The Morgan fingerprint density at radius 2 is 1.83 bits per heavy atom. The number of allylic oxidation sites excluding steroid dienone is 2. The van der Waals surface area contributed by atoms with Gasteiger partial charge < -0.3 is 29.4 Å². The molecule has 0 heterocycles. The summed E-state index contributed by atoms with van der Waals surface area (Å²) in [6.07, 6.45) is 2.77. The van der Waals surface area contributed by atoms with Gasteiger partial charge in [0.15, 0.2) is 17.3 Å². The molecule has 3 rings (SSSR count). The number of carboxylic acid groups (broad SMARTS) is 1. The van der Waals surface area contributed by atoms with Gasteiger partial charge in [-0.2, -0.15) is 0 Å². The van der Waals surface area contributed by atoms with E-state index < -0.39 is 18.2 Å². The predicted octanol–water partition coefficient (Wildman–Crippen LogP) is 2.59. The van der Waals surface area contributed by atoms with Crippen LogP contribution in [0.1, 0.15) is 24.0 Å². The highest BCUT2D eigenvalue weighted by molar-refractivity contribution is 5.99. The van der Waals surface area contributed by atoms with Crippen molar-refractivity contribution in [2.45, 2.75) is 31.4 Å². The Morgan fingerprint density at radius 3 is 2.41 bits per heavy atom. The highest BCUT2D eigenvalue weighted by atomic mass is 16.5. The zero-order valence-corrected chi connectivity index (χ0v) is 16.9. The summed E-state index contributed by atoms with van der Waals surface area (Å²) in [5, 5.41) is 12.0. The number of aryl methyl sites for hydroxylation is 1. The minimum atomic E-state index is -1.12. The standard InChI is InChI=1S/C21H25NO7/c1-26-16-10-13-12(6-8-15(16)23)18-11(5-7-14(13)22-21(24)25)9-17(27-2)19(28-3)20(18)29-4/h6,8-9,14,16,22H,5,7,10H2,1-4H3,(H,24,25)/t14-,16?/m0/s1. The third-order valence-corrected chi connectivity index (χ3v) is 5.37. The van der Waals surface area contributed by atoms with Crippen molar-refractivity contribution >= 4 is 17.4 Å². The molecule has 29 heavy (non-hydrogen) atoms. The molecular weight excluding hydrogens is 378 g/mol. The first-order valence-electron chi connectivity index (χ1n) is 9.24. The molecule has 8 nitrogen and oxygen atoms in total. The summed E-state index contributed by atoms with van der Waals surface area (Å²) >= 11 is 0. The maximum absolute atomic E-state index is 12.4. The van der Waals surface area contributed by atoms with Crippen LogP contribution in [0.4, 0.5) is 4.79 Å². The Kier molecular flexibility index (Phi) is 6.12. The van der Waals surface area contributed by atoms with E-state index in [0.29, 0.717) is 30.1 Å². The Balaban J connectivity index is 2.31. The van der Waals surface area contributed by atoms with Gasteiger partial charge in [-0.25, -0.2) is 4.79 Å². The summed E-state index contributed by atoms with van der Waals surface area (Å²) in [6.45, 7) is 0. The van der Waals surface area contributed by atoms with E-state index in [2.05, 4.69) is 5.32 Å². The lowest BCUT2D eigenvalue weighted by atomic mass is 9.91. The quantitative estimate of drug-likeness (QED) is 0.779. The first kappa shape index (κ1) is 20.7. The van der Waals surface area contributed by atoms with Crippen LogP contribution >= 0.6 is 0 Å². The number of methoxy groups -OCH3 is 4. The fraction of sp³-hybridized carbons (Fsp3) is 0.429. The average molecular weight is 403 g/mol. The number of amides is 1. The second-order valence-electron chi connectivity index (χ2n) is 6.82. The van der Waals surface area contributed by atoms with Gasteiger partial charge >= 0.3 is 6.09 Å². The van der Waals surface area contributed by atoms with Gasteiger partial charge in [0.1, 0.15) is 6.10 Å². The molecule has 0 aromatic heterocycles. The van der Waals surface area contributed by atoms with E-state index in [-0.39, 0.29) is 12.2 Å². The van der Waals surface area contributed by atoms with E-state index in [1.54, 1.807) is 20.3 Å². The number of benzene rings is 1. The van der Waals surface area contributed by atoms with E-state index in [1.807, 2.05) is 6.07 Å². The molecule has 0 spiro atoms. The fourth-order valence-corrected chi connectivity index (χ4v) is 4.05. The number of fused-ring (bicyclic) bond motifs is 2. The third-order valence-electron chi connectivity index (χ3n) is 5.37. The van der Waals surface area contributed by atoms with E-state index in [9.17, 15) is 14.7 Å². The molecule has 1 aromatic rings. The number of hydrogen-bond donors (Lipinski definition) is 2. The van der Waals surface area contributed by atoms with E-state index >= 15 is 0 Å². The van der Waals surface area contributed by atoms with Gasteiger partial charge in [0.2, 0.25) is 5.75 Å². The summed E-state index contributed by atoms with van der Waals surface area (Å²) in [5.74, 6) is 1.28. The molecule has 1 amide bonds. The van der Waals surface area contributed by atoms with Crippen LogP contribution in [0.5, 0.6) is 17.2 Å². The lowest BCUT2D eigenvalue weighted by Crippen LogP contribution is -2.37.